The minimum Gasteiger partial charge on any atom is -0.369 e. The maximum atomic E-state index is 5.87. The quantitative estimate of drug-likeness (QED) is 0.743. The van der Waals surface area contributed by atoms with Crippen molar-refractivity contribution in [3.63, 3.8) is 0 Å². The van der Waals surface area contributed by atoms with E-state index in [2.05, 4.69) is 20.4 Å². The van der Waals surface area contributed by atoms with E-state index in [1.54, 1.807) is 0 Å². The van der Waals surface area contributed by atoms with Crippen LogP contribution in [0.5, 0.6) is 0 Å². The number of nitrogens with one attached hydrogen (secondary N) is 1. The normalized spacial score (nSPS) is 24.9. The van der Waals surface area contributed by atoms with Crippen LogP contribution in [-0.2, 0) is 6.54 Å². The van der Waals surface area contributed by atoms with Gasteiger partial charge in [0.05, 0.1) is 5.69 Å². The molecule has 2 aliphatic rings. The standard InChI is InChI=1S/C16H23N7/c17-12-6-11(7-12)13-8-14(22-15(18)21-13)19-9-16(2-3-16)10-23-5-1-4-20-23/h1,4-5,8,11-12H,2-3,6-7,9-10,17H2,(H3,18,19,21,22). The summed E-state index contributed by atoms with van der Waals surface area (Å²) in [5.74, 6) is 1.58. The summed E-state index contributed by atoms with van der Waals surface area (Å²) in [6.07, 6.45) is 8.23. The number of hydrogen-bond donors (Lipinski definition) is 3. The highest BCUT2D eigenvalue weighted by atomic mass is 15.3. The molecule has 0 spiro atoms. The van der Waals surface area contributed by atoms with Gasteiger partial charge < -0.3 is 16.8 Å². The second-order valence-electron chi connectivity index (χ2n) is 7.02. The molecule has 7 heteroatoms. The predicted octanol–water partition coefficient (Wildman–Crippen LogP) is 1.35. The van der Waals surface area contributed by atoms with Gasteiger partial charge in [-0.2, -0.15) is 10.1 Å². The fourth-order valence-electron chi connectivity index (χ4n) is 3.27. The van der Waals surface area contributed by atoms with Gasteiger partial charge in [-0.05, 0) is 31.7 Å². The summed E-state index contributed by atoms with van der Waals surface area (Å²) in [7, 11) is 0. The predicted molar refractivity (Wildman–Crippen MR) is 88.8 cm³/mol. The van der Waals surface area contributed by atoms with Crippen molar-refractivity contribution in [2.75, 3.05) is 17.6 Å². The van der Waals surface area contributed by atoms with Crippen LogP contribution in [0.4, 0.5) is 11.8 Å². The zero-order valence-electron chi connectivity index (χ0n) is 13.2. The molecular weight excluding hydrogens is 290 g/mol. The highest BCUT2D eigenvalue weighted by Crippen LogP contribution is 2.47. The fraction of sp³-hybridized carbons (Fsp3) is 0.562. The Bertz CT molecular complexity index is 672. The highest BCUT2D eigenvalue weighted by Gasteiger charge is 2.43. The van der Waals surface area contributed by atoms with Gasteiger partial charge in [-0.1, -0.05) is 0 Å². The Labute approximate surface area is 135 Å². The van der Waals surface area contributed by atoms with Gasteiger partial charge in [0, 0.05) is 48.9 Å². The van der Waals surface area contributed by atoms with E-state index in [9.17, 15) is 0 Å². The van der Waals surface area contributed by atoms with Gasteiger partial charge in [0.2, 0.25) is 5.95 Å². The lowest BCUT2D eigenvalue weighted by Crippen LogP contribution is -2.35. The van der Waals surface area contributed by atoms with E-state index in [4.69, 9.17) is 11.5 Å². The maximum Gasteiger partial charge on any atom is 0.222 e. The molecule has 0 radical (unpaired) electrons. The lowest BCUT2D eigenvalue weighted by Gasteiger charge is -2.32. The van der Waals surface area contributed by atoms with Crippen molar-refractivity contribution < 1.29 is 0 Å². The lowest BCUT2D eigenvalue weighted by molar-refractivity contribution is 0.345. The molecule has 0 saturated heterocycles. The molecule has 2 aliphatic carbocycles. The number of hydrogen-bond acceptors (Lipinski definition) is 6. The Morgan fingerprint density at radius 2 is 2.13 bits per heavy atom. The summed E-state index contributed by atoms with van der Waals surface area (Å²) in [6, 6.07) is 4.29. The molecule has 4 rings (SSSR count). The fourth-order valence-corrected chi connectivity index (χ4v) is 3.27. The molecule has 2 fully saturated rings. The Hall–Kier alpha value is -2.15. The minimum atomic E-state index is 0.282. The third-order valence-corrected chi connectivity index (χ3v) is 5.01. The zero-order valence-corrected chi connectivity index (χ0v) is 13.2. The monoisotopic (exact) mass is 313 g/mol. The van der Waals surface area contributed by atoms with E-state index in [-0.39, 0.29) is 5.41 Å². The maximum absolute atomic E-state index is 5.87. The van der Waals surface area contributed by atoms with Crippen molar-refractivity contribution in [2.24, 2.45) is 11.1 Å². The van der Waals surface area contributed by atoms with Crippen LogP contribution in [0.15, 0.2) is 24.5 Å². The van der Waals surface area contributed by atoms with Crippen molar-refractivity contribution in [1.82, 2.24) is 19.7 Å². The Morgan fingerprint density at radius 3 is 2.78 bits per heavy atom. The van der Waals surface area contributed by atoms with Crippen LogP contribution in [0, 0.1) is 5.41 Å². The summed E-state index contributed by atoms with van der Waals surface area (Å²) < 4.78 is 2.00. The average Bonchev–Trinajstić information content (AvgIpc) is 3.06. The third kappa shape index (κ3) is 3.14. The van der Waals surface area contributed by atoms with E-state index in [0.717, 1.165) is 37.4 Å². The largest absolute Gasteiger partial charge is 0.369 e. The number of nitrogens with two attached hydrogens (primary N) is 2. The topological polar surface area (TPSA) is 108 Å². The zero-order chi connectivity index (χ0) is 15.9. The molecule has 0 bridgehead atoms. The molecule has 0 unspecified atom stereocenters. The van der Waals surface area contributed by atoms with Crippen LogP contribution in [0.3, 0.4) is 0 Å². The molecule has 0 aliphatic heterocycles. The number of anilines is 2. The van der Waals surface area contributed by atoms with E-state index < -0.39 is 0 Å². The number of aromatic nitrogens is 4. The first-order chi connectivity index (χ1) is 11.1. The first-order valence-electron chi connectivity index (χ1n) is 8.23. The highest BCUT2D eigenvalue weighted by molar-refractivity contribution is 5.42. The molecule has 0 atom stereocenters. The minimum absolute atomic E-state index is 0.282. The van der Waals surface area contributed by atoms with Crippen LogP contribution >= 0.6 is 0 Å². The van der Waals surface area contributed by atoms with Crippen LogP contribution < -0.4 is 16.8 Å². The van der Waals surface area contributed by atoms with Crippen molar-refractivity contribution in [1.29, 1.82) is 0 Å². The Kier molecular flexibility index (Phi) is 3.45. The van der Waals surface area contributed by atoms with Crippen molar-refractivity contribution in [3.8, 4) is 0 Å². The third-order valence-electron chi connectivity index (χ3n) is 5.01. The summed E-state index contributed by atoms with van der Waals surface area (Å²) >= 11 is 0. The lowest BCUT2D eigenvalue weighted by atomic mass is 9.78. The average molecular weight is 313 g/mol. The van der Waals surface area contributed by atoms with Crippen molar-refractivity contribution in [2.45, 2.75) is 44.2 Å². The number of nitrogens with zero attached hydrogens (tertiary/aromatic N) is 4. The van der Waals surface area contributed by atoms with Crippen LogP contribution in [0.1, 0.15) is 37.3 Å². The van der Waals surface area contributed by atoms with Crippen molar-refractivity contribution in [3.05, 3.63) is 30.2 Å². The number of nitrogen functional groups attached to an aromatic ring is 1. The summed E-state index contributed by atoms with van der Waals surface area (Å²) in [5, 5.41) is 7.76. The first kappa shape index (κ1) is 14.4. The molecule has 2 aromatic rings. The van der Waals surface area contributed by atoms with Gasteiger partial charge in [0.1, 0.15) is 5.82 Å². The summed E-state index contributed by atoms with van der Waals surface area (Å²) in [5.41, 5.74) is 13.0. The van der Waals surface area contributed by atoms with E-state index in [1.807, 2.05) is 29.2 Å². The molecule has 2 saturated carbocycles. The molecule has 23 heavy (non-hydrogen) atoms. The van der Waals surface area contributed by atoms with Crippen LogP contribution in [0.2, 0.25) is 0 Å². The van der Waals surface area contributed by atoms with Gasteiger partial charge in [-0.3, -0.25) is 4.68 Å². The molecule has 2 aromatic heterocycles. The first-order valence-corrected chi connectivity index (χ1v) is 8.23. The molecule has 0 amide bonds. The molecule has 7 nitrogen and oxygen atoms in total. The second kappa shape index (κ2) is 5.49. The molecule has 2 heterocycles. The smallest absolute Gasteiger partial charge is 0.222 e. The Balaban J connectivity index is 1.41. The van der Waals surface area contributed by atoms with Gasteiger partial charge in [0.25, 0.3) is 0 Å². The summed E-state index contributed by atoms with van der Waals surface area (Å²) in [6.45, 7) is 1.82. The second-order valence-corrected chi connectivity index (χ2v) is 7.02. The Morgan fingerprint density at radius 1 is 1.30 bits per heavy atom. The molecule has 122 valence electrons. The molecular formula is C16H23N7. The van der Waals surface area contributed by atoms with Gasteiger partial charge in [0.15, 0.2) is 0 Å². The van der Waals surface area contributed by atoms with Crippen LogP contribution in [0.25, 0.3) is 0 Å². The van der Waals surface area contributed by atoms with E-state index >= 15 is 0 Å². The molecule has 0 aromatic carbocycles. The molecule has 5 N–H and O–H groups in total. The number of rotatable bonds is 6. The van der Waals surface area contributed by atoms with Gasteiger partial charge in [-0.25, -0.2) is 4.98 Å². The van der Waals surface area contributed by atoms with Crippen LogP contribution in [-0.4, -0.2) is 32.3 Å². The summed E-state index contributed by atoms with van der Waals surface area (Å²) in [4.78, 5) is 8.69. The van der Waals surface area contributed by atoms with E-state index in [1.165, 1.54) is 12.8 Å². The van der Waals surface area contributed by atoms with E-state index in [0.29, 0.717) is 17.9 Å². The van der Waals surface area contributed by atoms with Gasteiger partial charge >= 0.3 is 0 Å². The SMILES string of the molecule is Nc1nc(NCC2(Cn3cccn3)CC2)cc(C2CC(N)C2)n1. The van der Waals surface area contributed by atoms with Crippen molar-refractivity contribution >= 4 is 11.8 Å². The van der Waals surface area contributed by atoms with Gasteiger partial charge in [-0.15, -0.1) is 0 Å².